The molecular formula is C10H19NO2. The molecule has 0 saturated carbocycles. The van der Waals surface area contributed by atoms with Crippen LogP contribution in [0.3, 0.4) is 0 Å². The number of hydrogen-bond donors (Lipinski definition) is 0. The first-order valence-electron chi connectivity index (χ1n) is 4.45. The fourth-order valence-corrected chi connectivity index (χ4v) is 0.649. The van der Waals surface area contributed by atoms with E-state index in [0.717, 1.165) is 6.54 Å². The molecule has 0 N–H and O–H groups in total. The summed E-state index contributed by atoms with van der Waals surface area (Å²) in [6, 6.07) is 0. The van der Waals surface area contributed by atoms with Gasteiger partial charge in [0.25, 0.3) is 0 Å². The fourth-order valence-electron chi connectivity index (χ4n) is 0.649. The SMILES string of the molecule is C=C(C(=O)OCCN(C)C)C(C)C. The second-order valence-electron chi connectivity index (χ2n) is 3.62. The molecule has 0 aromatic heterocycles. The lowest BCUT2D eigenvalue weighted by Crippen LogP contribution is -2.21. The Labute approximate surface area is 80.4 Å². The smallest absolute Gasteiger partial charge is 0.333 e. The minimum atomic E-state index is -0.281. The van der Waals surface area contributed by atoms with Crippen molar-refractivity contribution < 1.29 is 9.53 Å². The van der Waals surface area contributed by atoms with Gasteiger partial charge in [0, 0.05) is 12.1 Å². The van der Waals surface area contributed by atoms with Gasteiger partial charge in [0.15, 0.2) is 0 Å². The third-order valence-corrected chi connectivity index (χ3v) is 1.73. The Kier molecular flexibility index (Phi) is 5.39. The minimum Gasteiger partial charge on any atom is -0.461 e. The van der Waals surface area contributed by atoms with E-state index < -0.39 is 0 Å². The number of carbonyl (C=O) groups is 1. The standard InChI is InChI=1S/C10H19NO2/c1-8(2)9(3)10(12)13-7-6-11(4)5/h8H,3,6-7H2,1-2,4-5H3. The van der Waals surface area contributed by atoms with Crippen LogP contribution >= 0.6 is 0 Å². The van der Waals surface area contributed by atoms with Crippen LogP contribution in [0.15, 0.2) is 12.2 Å². The lowest BCUT2D eigenvalue weighted by Gasteiger charge is -2.12. The van der Waals surface area contributed by atoms with Gasteiger partial charge in [-0.15, -0.1) is 0 Å². The normalized spacial score (nSPS) is 10.6. The van der Waals surface area contributed by atoms with Crippen molar-refractivity contribution in [2.75, 3.05) is 27.2 Å². The summed E-state index contributed by atoms with van der Waals surface area (Å²) in [5, 5.41) is 0. The molecule has 0 radical (unpaired) electrons. The van der Waals surface area contributed by atoms with Crippen LogP contribution in [-0.4, -0.2) is 38.1 Å². The van der Waals surface area contributed by atoms with Crippen molar-refractivity contribution >= 4 is 5.97 Å². The van der Waals surface area contributed by atoms with E-state index in [1.54, 1.807) is 0 Å². The van der Waals surface area contributed by atoms with Gasteiger partial charge in [-0.3, -0.25) is 0 Å². The van der Waals surface area contributed by atoms with Crippen molar-refractivity contribution in [1.29, 1.82) is 0 Å². The molecule has 0 bridgehead atoms. The topological polar surface area (TPSA) is 29.5 Å². The van der Waals surface area contributed by atoms with Gasteiger partial charge in [0.2, 0.25) is 0 Å². The van der Waals surface area contributed by atoms with Crippen LogP contribution in [-0.2, 0) is 9.53 Å². The maximum Gasteiger partial charge on any atom is 0.333 e. The molecule has 0 heterocycles. The second-order valence-corrected chi connectivity index (χ2v) is 3.62. The summed E-state index contributed by atoms with van der Waals surface area (Å²) in [5.41, 5.74) is 0.541. The summed E-state index contributed by atoms with van der Waals surface area (Å²) in [6.07, 6.45) is 0. The molecule has 3 heteroatoms. The van der Waals surface area contributed by atoms with Crippen molar-refractivity contribution in [3.05, 3.63) is 12.2 Å². The number of esters is 1. The highest BCUT2D eigenvalue weighted by molar-refractivity contribution is 5.88. The quantitative estimate of drug-likeness (QED) is 0.477. The molecule has 0 amide bonds. The number of rotatable bonds is 5. The Morgan fingerprint density at radius 3 is 2.38 bits per heavy atom. The van der Waals surface area contributed by atoms with Gasteiger partial charge in [0.1, 0.15) is 6.61 Å². The molecule has 0 aromatic rings. The lowest BCUT2D eigenvalue weighted by atomic mass is 10.1. The Morgan fingerprint density at radius 2 is 2.00 bits per heavy atom. The molecule has 0 saturated heterocycles. The van der Waals surface area contributed by atoms with Gasteiger partial charge in [0.05, 0.1) is 0 Å². The van der Waals surface area contributed by atoms with Crippen molar-refractivity contribution in [2.24, 2.45) is 5.92 Å². The van der Waals surface area contributed by atoms with E-state index in [0.29, 0.717) is 12.2 Å². The van der Waals surface area contributed by atoms with Gasteiger partial charge in [-0.25, -0.2) is 4.79 Å². The van der Waals surface area contributed by atoms with Crippen molar-refractivity contribution in [2.45, 2.75) is 13.8 Å². The van der Waals surface area contributed by atoms with Crippen LogP contribution in [0.1, 0.15) is 13.8 Å². The Morgan fingerprint density at radius 1 is 1.46 bits per heavy atom. The summed E-state index contributed by atoms with van der Waals surface area (Å²) in [5.74, 6) is -0.122. The predicted molar refractivity (Wildman–Crippen MR) is 53.5 cm³/mol. The summed E-state index contributed by atoms with van der Waals surface area (Å²) < 4.78 is 5.00. The third kappa shape index (κ3) is 5.42. The zero-order valence-corrected chi connectivity index (χ0v) is 8.96. The molecular weight excluding hydrogens is 166 g/mol. The molecule has 0 atom stereocenters. The van der Waals surface area contributed by atoms with E-state index >= 15 is 0 Å². The third-order valence-electron chi connectivity index (χ3n) is 1.73. The molecule has 0 aliphatic rings. The Hall–Kier alpha value is -0.830. The number of carbonyl (C=O) groups excluding carboxylic acids is 1. The zero-order valence-electron chi connectivity index (χ0n) is 8.96. The van der Waals surface area contributed by atoms with E-state index in [-0.39, 0.29) is 11.9 Å². The monoisotopic (exact) mass is 185 g/mol. The summed E-state index contributed by atoms with van der Waals surface area (Å²) in [6.45, 7) is 8.69. The molecule has 0 aliphatic carbocycles. The molecule has 0 aromatic carbocycles. The van der Waals surface area contributed by atoms with Crippen LogP contribution in [0.25, 0.3) is 0 Å². The molecule has 0 spiro atoms. The zero-order chi connectivity index (χ0) is 10.4. The number of ether oxygens (including phenoxy) is 1. The molecule has 76 valence electrons. The van der Waals surface area contributed by atoms with Gasteiger partial charge >= 0.3 is 5.97 Å². The Balaban J connectivity index is 3.69. The van der Waals surface area contributed by atoms with Gasteiger partial charge in [-0.1, -0.05) is 20.4 Å². The summed E-state index contributed by atoms with van der Waals surface area (Å²) >= 11 is 0. The molecule has 0 aliphatic heterocycles. The van der Waals surface area contributed by atoms with Gasteiger partial charge < -0.3 is 9.64 Å². The van der Waals surface area contributed by atoms with E-state index in [9.17, 15) is 4.79 Å². The first-order chi connectivity index (χ1) is 5.95. The summed E-state index contributed by atoms with van der Waals surface area (Å²) in [4.78, 5) is 13.2. The van der Waals surface area contributed by atoms with E-state index in [4.69, 9.17) is 4.74 Å². The Bertz CT molecular complexity index is 185. The average molecular weight is 185 g/mol. The maximum atomic E-state index is 11.2. The molecule has 0 fully saturated rings. The maximum absolute atomic E-state index is 11.2. The first-order valence-corrected chi connectivity index (χ1v) is 4.45. The van der Waals surface area contributed by atoms with Crippen LogP contribution in [0.2, 0.25) is 0 Å². The van der Waals surface area contributed by atoms with E-state index in [2.05, 4.69) is 6.58 Å². The molecule has 0 unspecified atom stereocenters. The van der Waals surface area contributed by atoms with Gasteiger partial charge in [-0.05, 0) is 20.0 Å². The fraction of sp³-hybridized carbons (Fsp3) is 0.700. The number of hydrogen-bond acceptors (Lipinski definition) is 3. The highest BCUT2D eigenvalue weighted by atomic mass is 16.5. The largest absolute Gasteiger partial charge is 0.461 e. The molecule has 0 rings (SSSR count). The van der Waals surface area contributed by atoms with Crippen molar-refractivity contribution in [3.63, 3.8) is 0 Å². The number of likely N-dealkylation sites (N-methyl/N-ethyl adjacent to an activating group) is 1. The average Bonchev–Trinajstić information content (AvgIpc) is 2.02. The van der Waals surface area contributed by atoms with Crippen LogP contribution < -0.4 is 0 Å². The van der Waals surface area contributed by atoms with E-state index in [1.165, 1.54) is 0 Å². The van der Waals surface area contributed by atoms with Crippen molar-refractivity contribution in [3.8, 4) is 0 Å². The highest BCUT2D eigenvalue weighted by Crippen LogP contribution is 2.07. The lowest BCUT2D eigenvalue weighted by molar-refractivity contribution is -0.139. The second kappa shape index (κ2) is 5.75. The van der Waals surface area contributed by atoms with Crippen molar-refractivity contribution in [1.82, 2.24) is 4.90 Å². The minimum absolute atomic E-state index is 0.159. The predicted octanol–water partition coefficient (Wildman–Crippen LogP) is 1.30. The van der Waals surface area contributed by atoms with Crippen LogP contribution in [0.4, 0.5) is 0 Å². The number of nitrogens with zero attached hydrogens (tertiary/aromatic N) is 1. The highest BCUT2D eigenvalue weighted by Gasteiger charge is 2.11. The van der Waals surface area contributed by atoms with E-state index in [1.807, 2.05) is 32.8 Å². The van der Waals surface area contributed by atoms with Gasteiger partial charge in [-0.2, -0.15) is 0 Å². The van der Waals surface area contributed by atoms with Crippen LogP contribution in [0.5, 0.6) is 0 Å². The first kappa shape index (κ1) is 12.2. The molecule has 3 nitrogen and oxygen atoms in total. The van der Waals surface area contributed by atoms with Crippen LogP contribution in [0, 0.1) is 5.92 Å². The summed E-state index contributed by atoms with van der Waals surface area (Å²) in [7, 11) is 3.87. The molecule has 13 heavy (non-hydrogen) atoms.